The molecule has 0 aliphatic carbocycles. The molecule has 0 saturated heterocycles. The molecule has 0 saturated carbocycles. The standard InChI is InChI=1S/C24H26N2O4/c1-24(2,3)30-23(28)26-21(22(27)29-16-17-8-5-4-6-9-17)15-18-11-12-20-19(14-18)10-7-13-25-20/h4-14,21H,15-16H2,1-3H3,(H,26,28)/t21-/m0/s1. The lowest BCUT2D eigenvalue weighted by Crippen LogP contribution is -2.45. The highest BCUT2D eigenvalue weighted by Gasteiger charge is 2.26. The van der Waals surface area contributed by atoms with Gasteiger partial charge in [-0.15, -0.1) is 0 Å². The summed E-state index contributed by atoms with van der Waals surface area (Å²) in [6, 6.07) is 18.1. The van der Waals surface area contributed by atoms with Crippen molar-refractivity contribution in [2.75, 3.05) is 0 Å². The van der Waals surface area contributed by atoms with Crippen molar-refractivity contribution in [1.82, 2.24) is 10.3 Å². The topological polar surface area (TPSA) is 77.5 Å². The molecule has 2 aromatic carbocycles. The fourth-order valence-corrected chi connectivity index (χ4v) is 2.96. The van der Waals surface area contributed by atoms with Crippen molar-refractivity contribution in [1.29, 1.82) is 0 Å². The number of nitrogens with zero attached hydrogens (tertiary/aromatic N) is 1. The van der Waals surface area contributed by atoms with E-state index in [4.69, 9.17) is 9.47 Å². The van der Waals surface area contributed by atoms with E-state index in [1.165, 1.54) is 0 Å². The van der Waals surface area contributed by atoms with Gasteiger partial charge in [-0.05, 0) is 50.1 Å². The Kier molecular flexibility index (Phi) is 6.67. The second-order valence-electron chi connectivity index (χ2n) is 8.03. The van der Waals surface area contributed by atoms with Crippen LogP contribution in [0.3, 0.4) is 0 Å². The van der Waals surface area contributed by atoms with Crippen molar-refractivity contribution in [2.24, 2.45) is 0 Å². The van der Waals surface area contributed by atoms with Crippen LogP contribution < -0.4 is 5.32 Å². The molecular formula is C24H26N2O4. The third-order valence-corrected chi connectivity index (χ3v) is 4.31. The van der Waals surface area contributed by atoms with Gasteiger partial charge in [-0.2, -0.15) is 0 Å². The Hall–Kier alpha value is -3.41. The van der Waals surface area contributed by atoms with E-state index in [1.54, 1.807) is 27.0 Å². The van der Waals surface area contributed by atoms with Gasteiger partial charge in [0.1, 0.15) is 18.2 Å². The maximum atomic E-state index is 12.8. The van der Waals surface area contributed by atoms with Gasteiger partial charge in [-0.1, -0.05) is 42.5 Å². The number of benzene rings is 2. The maximum absolute atomic E-state index is 12.8. The number of carbonyl (C=O) groups is 2. The second kappa shape index (κ2) is 9.39. The molecule has 1 atom stereocenters. The summed E-state index contributed by atoms with van der Waals surface area (Å²) in [4.78, 5) is 29.4. The molecule has 1 amide bonds. The molecule has 0 bridgehead atoms. The number of amides is 1. The van der Waals surface area contributed by atoms with Crippen LogP contribution in [0.1, 0.15) is 31.9 Å². The minimum Gasteiger partial charge on any atom is -0.459 e. The van der Waals surface area contributed by atoms with Gasteiger partial charge in [0.05, 0.1) is 5.52 Å². The Morgan fingerprint density at radius 3 is 2.50 bits per heavy atom. The van der Waals surface area contributed by atoms with Crippen LogP contribution in [0.5, 0.6) is 0 Å². The highest BCUT2D eigenvalue weighted by molar-refractivity contribution is 5.83. The first-order chi connectivity index (χ1) is 14.3. The molecule has 6 heteroatoms. The fraction of sp³-hybridized carbons (Fsp3) is 0.292. The zero-order valence-corrected chi connectivity index (χ0v) is 17.4. The van der Waals surface area contributed by atoms with E-state index < -0.39 is 23.7 Å². The molecule has 30 heavy (non-hydrogen) atoms. The van der Waals surface area contributed by atoms with Crippen LogP contribution in [0.2, 0.25) is 0 Å². The molecule has 3 rings (SSSR count). The Morgan fingerprint density at radius 1 is 1.00 bits per heavy atom. The van der Waals surface area contributed by atoms with Gasteiger partial charge in [-0.3, -0.25) is 4.98 Å². The number of hydrogen-bond acceptors (Lipinski definition) is 5. The van der Waals surface area contributed by atoms with Gasteiger partial charge < -0.3 is 14.8 Å². The van der Waals surface area contributed by atoms with E-state index in [9.17, 15) is 9.59 Å². The molecule has 0 fully saturated rings. The molecule has 6 nitrogen and oxygen atoms in total. The number of pyridine rings is 1. The molecule has 0 unspecified atom stereocenters. The summed E-state index contributed by atoms with van der Waals surface area (Å²) >= 11 is 0. The van der Waals surface area contributed by atoms with Gasteiger partial charge >= 0.3 is 12.1 Å². The largest absolute Gasteiger partial charge is 0.459 e. The van der Waals surface area contributed by atoms with E-state index in [2.05, 4.69) is 10.3 Å². The number of aromatic nitrogens is 1. The fourth-order valence-electron chi connectivity index (χ4n) is 2.96. The van der Waals surface area contributed by atoms with E-state index in [0.717, 1.165) is 22.0 Å². The van der Waals surface area contributed by atoms with Gasteiger partial charge in [0, 0.05) is 18.0 Å². The van der Waals surface area contributed by atoms with Crippen LogP contribution >= 0.6 is 0 Å². The van der Waals surface area contributed by atoms with Crippen molar-refractivity contribution >= 4 is 23.0 Å². The minimum absolute atomic E-state index is 0.133. The Labute approximate surface area is 176 Å². The summed E-state index contributed by atoms with van der Waals surface area (Å²) in [6.07, 6.45) is 1.35. The van der Waals surface area contributed by atoms with Crippen LogP contribution in [0.4, 0.5) is 4.79 Å². The average Bonchev–Trinajstić information content (AvgIpc) is 2.71. The van der Waals surface area contributed by atoms with E-state index in [0.29, 0.717) is 0 Å². The molecule has 1 N–H and O–H groups in total. The number of esters is 1. The van der Waals surface area contributed by atoms with Crippen LogP contribution in [0.15, 0.2) is 66.9 Å². The van der Waals surface area contributed by atoms with Gasteiger partial charge in [0.15, 0.2) is 0 Å². The maximum Gasteiger partial charge on any atom is 0.408 e. The monoisotopic (exact) mass is 406 g/mol. The van der Waals surface area contributed by atoms with Crippen molar-refractivity contribution in [3.05, 3.63) is 78.0 Å². The van der Waals surface area contributed by atoms with Crippen LogP contribution in [-0.2, 0) is 27.3 Å². The smallest absolute Gasteiger partial charge is 0.408 e. The van der Waals surface area contributed by atoms with Crippen molar-refractivity contribution in [3.8, 4) is 0 Å². The quantitative estimate of drug-likeness (QED) is 0.614. The SMILES string of the molecule is CC(C)(C)OC(=O)N[C@@H](Cc1ccc2ncccc2c1)C(=O)OCc1ccccc1. The van der Waals surface area contributed by atoms with Crippen molar-refractivity contribution < 1.29 is 19.1 Å². The zero-order chi connectivity index (χ0) is 21.6. The number of fused-ring (bicyclic) bond motifs is 1. The summed E-state index contributed by atoms with van der Waals surface area (Å²) in [5, 5.41) is 3.62. The molecule has 1 heterocycles. The first-order valence-corrected chi connectivity index (χ1v) is 9.84. The van der Waals surface area contributed by atoms with Gasteiger partial charge in [-0.25, -0.2) is 9.59 Å². The lowest BCUT2D eigenvalue weighted by Gasteiger charge is -2.23. The average molecular weight is 406 g/mol. The summed E-state index contributed by atoms with van der Waals surface area (Å²) in [7, 11) is 0. The predicted molar refractivity (Wildman–Crippen MR) is 115 cm³/mol. The number of rotatable bonds is 6. The normalized spacial score (nSPS) is 12.2. The Balaban J connectivity index is 1.74. The van der Waals surface area contributed by atoms with Crippen LogP contribution in [-0.4, -0.2) is 28.7 Å². The lowest BCUT2D eigenvalue weighted by atomic mass is 10.0. The summed E-state index contributed by atoms with van der Waals surface area (Å²) in [5.41, 5.74) is 1.95. The van der Waals surface area contributed by atoms with Crippen molar-refractivity contribution in [2.45, 2.75) is 45.4 Å². The highest BCUT2D eigenvalue weighted by atomic mass is 16.6. The summed E-state index contributed by atoms with van der Waals surface area (Å²) in [6.45, 7) is 5.44. The molecule has 0 radical (unpaired) electrons. The summed E-state index contributed by atoms with van der Waals surface area (Å²) < 4.78 is 10.8. The Morgan fingerprint density at radius 2 is 1.77 bits per heavy atom. The second-order valence-corrected chi connectivity index (χ2v) is 8.03. The molecular weight excluding hydrogens is 380 g/mol. The third kappa shape index (κ3) is 6.30. The predicted octanol–water partition coefficient (Wildman–Crippen LogP) is 4.41. The van der Waals surface area contributed by atoms with Gasteiger partial charge in [0.2, 0.25) is 0 Å². The first kappa shape index (κ1) is 21.3. The van der Waals surface area contributed by atoms with Gasteiger partial charge in [0.25, 0.3) is 0 Å². The number of ether oxygens (including phenoxy) is 2. The zero-order valence-electron chi connectivity index (χ0n) is 17.4. The third-order valence-electron chi connectivity index (χ3n) is 4.31. The first-order valence-electron chi connectivity index (χ1n) is 9.84. The highest BCUT2D eigenvalue weighted by Crippen LogP contribution is 2.16. The van der Waals surface area contributed by atoms with Crippen LogP contribution in [0, 0.1) is 0 Å². The molecule has 0 aliphatic rings. The van der Waals surface area contributed by atoms with Crippen LogP contribution in [0.25, 0.3) is 10.9 Å². The minimum atomic E-state index is -0.877. The van der Waals surface area contributed by atoms with Crippen molar-refractivity contribution in [3.63, 3.8) is 0 Å². The van der Waals surface area contributed by atoms with E-state index in [-0.39, 0.29) is 13.0 Å². The molecule has 156 valence electrons. The molecule has 3 aromatic rings. The van der Waals surface area contributed by atoms with E-state index in [1.807, 2.05) is 60.7 Å². The number of alkyl carbamates (subject to hydrolysis) is 1. The summed E-state index contributed by atoms with van der Waals surface area (Å²) in [5.74, 6) is -0.518. The number of hydrogen-bond donors (Lipinski definition) is 1. The number of nitrogens with one attached hydrogen (secondary N) is 1. The lowest BCUT2D eigenvalue weighted by molar-refractivity contribution is -0.147. The molecule has 0 spiro atoms. The number of carbonyl (C=O) groups excluding carboxylic acids is 2. The Bertz CT molecular complexity index is 1010. The molecule has 0 aliphatic heterocycles. The van der Waals surface area contributed by atoms with E-state index >= 15 is 0 Å². The molecule has 1 aromatic heterocycles.